The van der Waals surface area contributed by atoms with E-state index in [9.17, 15) is 9.59 Å². The molecule has 0 aliphatic heterocycles. The Morgan fingerprint density at radius 1 is 1.50 bits per heavy atom. The van der Waals surface area contributed by atoms with Crippen molar-refractivity contribution in [2.24, 2.45) is 0 Å². The largest absolute Gasteiger partial charge is 0.465 e. The van der Waals surface area contributed by atoms with Crippen molar-refractivity contribution in [2.45, 2.75) is 26.3 Å². The molecule has 0 aromatic carbocycles. The highest BCUT2D eigenvalue weighted by Crippen LogP contribution is 2.14. The number of hydrogen-bond acceptors (Lipinski definition) is 4. The average molecular weight is 245 g/mol. The number of rotatable bonds is 1. The van der Waals surface area contributed by atoms with Crippen LogP contribution in [0.3, 0.4) is 0 Å². The number of aromatic nitrogens is 2. The maximum atomic E-state index is 12.0. The van der Waals surface area contributed by atoms with Crippen LogP contribution in [0.15, 0.2) is 11.0 Å². The number of halogens is 1. The molecule has 0 saturated carbocycles. The zero-order valence-electron chi connectivity index (χ0n) is 9.57. The fourth-order valence-corrected chi connectivity index (χ4v) is 1.40. The van der Waals surface area contributed by atoms with E-state index < -0.39 is 17.1 Å². The van der Waals surface area contributed by atoms with Gasteiger partial charge in [-0.05, 0) is 20.8 Å². The lowest BCUT2D eigenvalue weighted by atomic mass is 10.1. The van der Waals surface area contributed by atoms with Crippen molar-refractivity contribution in [3.05, 3.63) is 27.1 Å². The first-order valence-electron chi connectivity index (χ1n) is 4.65. The lowest BCUT2D eigenvalue weighted by molar-refractivity contribution is 0.0597. The smallest absolute Gasteiger partial charge is 0.345 e. The molecule has 0 atom stereocenters. The number of hydrogen-bond donors (Lipinski definition) is 0. The van der Waals surface area contributed by atoms with E-state index >= 15 is 0 Å². The maximum absolute atomic E-state index is 12.0. The molecular formula is C10H13ClN2O3. The highest BCUT2D eigenvalue weighted by Gasteiger charge is 2.23. The van der Waals surface area contributed by atoms with E-state index in [1.807, 2.05) is 0 Å². The molecule has 0 aliphatic rings. The molecule has 0 N–H and O–H groups in total. The zero-order valence-corrected chi connectivity index (χ0v) is 10.3. The predicted molar refractivity (Wildman–Crippen MR) is 59.8 cm³/mol. The molecule has 88 valence electrons. The van der Waals surface area contributed by atoms with E-state index in [0.717, 1.165) is 0 Å². The van der Waals surface area contributed by atoms with E-state index in [1.54, 1.807) is 20.8 Å². The van der Waals surface area contributed by atoms with Crippen LogP contribution < -0.4 is 5.56 Å². The number of carbonyl (C=O) groups excluding carboxylic acids is 1. The second-order valence-electron chi connectivity index (χ2n) is 4.25. The molecule has 0 unspecified atom stereocenters. The molecule has 1 rings (SSSR count). The SMILES string of the molecule is COC(=O)c1c(Cl)cnn(C(C)(C)C)c1=O. The topological polar surface area (TPSA) is 61.2 Å². The van der Waals surface area contributed by atoms with Gasteiger partial charge in [-0.25, -0.2) is 9.48 Å². The summed E-state index contributed by atoms with van der Waals surface area (Å²) in [5, 5.41) is 3.89. The normalized spacial score (nSPS) is 11.3. The first-order chi connectivity index (χ1) is 7.29. The van der Waals surface area contributed by atoms with Crippen LogP contribution >= 0.6 is 11.6 Å². The molecule has 0 bridgehead atoms. The Kier molecular flexibility index (Phi) is 3.38. The first-order valence-corrected chi connectivity index (χ1v) is 5.03. The Morgan fingerprint density at radius 3 is 2.50 bits per heavy atom. The van der Waals surface area contributed by atoms with Crippen molar-refractivity contribution < 1.29 is 9.53 Å². The summed E-state index contributed by atoms with van der Waals surface area (Å²) < 4.78 is 5.70. The number of ether oxygens (including phenoxy) is 1. The summed E-state index contributed by atoms with van der Waals surface area (Å²) in [4.78, 5) is 23.3. The summed E-state index contributed by atoms with van der Waals surface area (Å²) in [6.07, 6.45) is 1.26. The fourth-order valence-electron chi connectivity index (χ4n) is 1.20. The van der Waals surface area contributed by atoms with Crippen molar-refractivity contribution in [2.75, 3.05) is 7.11 Å². The number of nitrogens with zero attached hydrogens (tertiary/aromatic N) is 2. The highest BCUT2D eigenvalue weighted by molar-refractivity contribution is 6.33. The van der Waals surface area contributed by atoms with E-state index in [2.05, 4.69) is 9.84 Å². The fraction of sp³-hybridized carbons (Fsp3) is 0.500. The third-order valence-corrected chi connectivity index (χ3v) is 2.24. The molecule has 0 saturated heterocycles. The molecule has 0 radical (unpaired) electrons. The van der Waals surface area contributed by atoms with Gasteiger partial charge in [-0.15, -0.1) is 0 Å². The van der Waals surface area contributed by atoms with Gasteiger partial charge in [0, 0.05) is 0 Å². The van der Waals surface area contributed by atoms with E-state index in [0.29, 0.717) is 0 Å². The minimum absolute atomic E-state index is 0.00245. The number of esters is 1. The van der Waals surface area contributed by atoms with Crippen LogP contribution in [-0.2, 0) is 10.3 Å². The summed E-state index contributed by atoms with van der Waals surface area (Å²) in [5.41, 5.74) is -1.26. The summed E-state index contributed by atoms with van der Waals surface area (Å²) in [5.74, 6) is -0.754. The Morgan fingerprint density at radius 2 is 2.06 bits per heavy atom. The lowest BCUT2D eigenvalue weighted by Gasteiger charge is -2.20. The molecule has 0 spiro atoms. The van der Waals surface area contributed by atoms with Gasteiger partial charge in [0.25, 0.3) is 5.56 Å². The predicted octanol–water partition coefficient (Wildman–Crippen LogP) is 1.44. The van der Waals surface area contributed by atoms with E-state index in [4.69, 9.17) is 11.6 Å². The lowest BCUT2D eigenvalue weighted by Crippen LogP contribution is -2.38. The molecular weight excluding hydrogens is 232 g/mol. The molecule has 0 fully saturated rings. The van der Waals surface area contributed by atoms with Crippen LogP contribution in [0.2, 0.25) is 5.02 Å². The molecule has 1 heterocycles. The Bertz CT molecular complexity index is 474. The van der Waals surface area contributed by atoms with Gasteiger partial charge in [-0.3, -0.25) is 4.79 Å². The molecule has 6 heteroatoms. The number of carbonyl (C=O) groups is 1. The molecule has 5 nitrogen and oxygen atoms in total. The van der Waals surface area contributed by atoms with Crippen LogP contribution in [0.1, 0.15) is 31.1 Å². The molecule has 1 aromatic heterocycles. The summed E-state index contributed by atoms with van der Waals surface area (Å²) in [7, 11) is 1.19. The van der Waals surface area contributed by atoms with Crippen molar-refractivity contribution in [3.63, 3.8) is 0 Å². The molecule has 0 amide bonds. The van der Waals surface area contributed by atoms with Gasteiger partial charge in [-0.2, -0.15) is 5.10 Å². The van der Waals surface area contributed by atoms with E-state index in [-0.39, 0.29) is 10.6 Å². The van der Waals surface area contributed by atoms with Crippen LogP contribution in [0.4, 0.5) is 0 Å². The maximum Gasteiger partial charge on any atom is 0.345 e. The Hall–Kier alpha value is -1.36. The second kappa shape index (κ2) is 4.25. The van der Waals surface area contributed by atoms with Crippen molar-refractivity contribution in [3.8, 4) is 0 Å². The van der Waals surface area contributed by atoms with Gasteiger partial charge >= 0.3 is 5.97 Å². The van der Waals surface area contributed by atoms with Crippen molar-refractivity contribution >= 4 is 17.6 Å². The van der Waals surface area contributed by atoms with Crippen LogP contribution in [-0.4, -0.2) is 22.9 Å². The van der Waals surface area contributed by atoms with Crippen LogP contribution in [0.25, 0.3) is 0 Å². The second-order valence-corrected chi connectivity index (χ2v) is 4.65. The van der Waals surface area contributed by atoms with Gasteiger partial charge in [-0.1, -0.05) is 11.6 Å². The highest BCUT2D eigenvalue weighted by atomic mass is 35.5. The van der Waals surface area contributed by atoms with Gasteiger partial charge < -0.3 is 4.74 Å². The van der Waals surface area contributed by atoms with Gasteiger partial charge in [0.1, 0.15) is 5.56 Å². The minimum Gasteiger partial charge on any atom is -0.465 e. The summed E-state index contributed by atoms with van der Waals surface area (Å²) in [6.45, 7) is 5.41. The van der Waals surface area contributed by atoms with Gasteiger partial charge in [0.2, 0.25) is 0 Å². The van der Waals surface area contributed by atoms with Crippen LogP contribution in [0, 0.1) is 0 Å². The monoisotopic (exact) mass is 244 g/mol. The molecule has 16 heavy (non-hydrogen) atoms. The summed E-state index contributed by atoms with van der Waals surface area (Å²) in [6, 6.07) is 0. The minimum atomic E-state index is -0.754. The van der Waals surface area contributed by atoms with Gasteiger partial charge in [0.05, 0.1) is 23.9 Å². The third kappa shape index (κ3) is 2.24. The van der Waals surface area contributed by atoms with E-state index in [1.165, 1.54) is 18.0 Å². The van der Waals surface area contributed by atoms with Crippen molar-refractivity contribution in [1.29, 1.82) is 0 Å². The summed E-state index contributed by atoms with van der Waals surface area (Å²) >= 11 is 5.75. The number of methoxy groups -OCH3 is 1. The standard InChI is InChI=1S/C10H13ClN2O3/c1-10(2,3)13-8(14)7(9(15)16-4)6(11)5-12-13/h5H,1-4H3. The average Bonchev–Trinajstić information content (AvgIpc) is 2.15. The van der Waals surface area contributed by atoms with Crippen LogP contribution in [0.5, 0.6) is 0 Å². The zero-order chi connectivity index (χ0) is 12.5. The van der Waals surface area contributed by atoms with Crippen molar-refractivity contribution in [1.82, 2.24) is 9.78 Å². The quantitative estimate of drug-likeness (QED) is 0.702. The molecule has 1 aromatic rings. The Labute approximate surface area is 98.0 Å². The molecule has 0 aliphatic carbocycles. The Balaban J connectivity index is 3.52. The van der Waals surface area contributed by atoms with Gasteiger partial charge in [0.15, 0.2) is 0 Å². The third-order valence-electron chi connectivity index (χ3n) is 1.96. The first kappa shape index (κ1) is 12.7.